The molecule has 0 bridgehead atoms. The summed E-state index contributed by atoms with van der Waals surface area (Å²) >= 11 is 0. The van der Waals surface area contributed by atoms with Crippen LogP contribution in [0.1, 0.15) is 29.5 Å². The van der Waals surface area contributed by atoms with E-state index in [1.54, 1.807) is 25.6 Å². The minimum absolute atomic E-state index is 0.00918. The third-order valence-corrected chi connectivity index (χ3v) is 4.94. The van der Waals surface area contributed by atoms with Gasteiger partial charge in [-0.15, -0.1) is 0 Å². The van der Waals surface area contributed by atoms with Gasteiger partial charge in [-0.1, -0.05) is 12.2 Å². The molecule has 1 aromatic carbocycles. The van der Waals surface area contributed by atoms with Crippen molar-refractivity contribution in [1.29, 1.82) is 0 Å². The molecule has 3 atom stereocenters. The highest BCUT2D eigenvalue weighted by Crippen LogP contribution is 2.54. The highest BCUT2D eigenvalue weighted by atomic mass is 16.6. The molecule has 2 aliphatic rings. The van der Waals surface area contributed by atoms with Gasteiger partial charge in [0.2, 0.25) is 0 Å². The average molecular weight is 323 g/mol. The third-order valence-electron chi connectivity index (χ3n) is 4.94. The highest BCUT2D eigenvalue weighted by molar-refractivity contribution is 5.73. The fraction of sp³-hybridized carbons (Fsp3) is 0.278. The minimum Gasteiger partial charge on any atom is -0.495 e. The molecule has 122 valence electrons. The summed E-state index contributed by atoms with van der Waals surface area (Å²) in [4.78, 5) is 15.3. The van der Waals surface area contributed by atoms with Crippen molar-refractivity contribution in [2.75, 3.05) is 12.4 Å². The number of pyridine rings is 1. The van der Waals surface area contributed by atoms with Crippen LogP contribution in [0.25, 0.3) is 0 Å². The summed E-state index contributed by atoms with van der Waals surface area (Å²) < 4.78 is 5.46. The maximum atomic E-state index is 11.5. The zero-order valence-electron chi connectivity index (χ0n) is 13.2. The van der Waals surface area contributed by atoms with Gasteiger partial charge >= 0.3 is 0 Å². The number of hydrogen-bond donors (Lipinski definition) is 1. The molecule has 1 aliphatic carbocycles. The number of nitrogens with one attached hydrogen (secondary N) is 1. The number of aromatic nitrogens is 1. The topological polar surface area (TPSA) is 77.3 Å². The quantitative estimate of drug-likeness (QED) is 0.528. The van der Waals surface area contributed by atoms with Crippen LogP contribution >= 0.6 is 0 Å². The summed E-state index contributed by atoms with van der Waals surface area (Å²) in [5.41, 5.74) is 2.72. The largest absolute Gasteiger partial charge is 0.495 e. The molecule has 6 heteroatoms. The van der Waals surface area contributed by atoms with Gasteiger partial charge in [0.15, 0.2) is 0 Å². The van der Waals surface area contributed by atoms with Crippen LogP contribution in [0.15, 0.2) is 48.8 Å². The minimum atomic E-state index is -0.310. The molecule has 0 saturated carbocycles. The third kappa shape index (κ3) is 2.14. The molecule has 0 fully saturated rings. The number of nitrogens with zero attached hydrogens (tertiary/aromatic N) is 2. The first-order valence-electron chi connectivity index (χ1n) is 7.89. The Balaban J connectivity index is 1.90. The Labute approximate surface area is 139 Å². The molecular weight excluding hydrogens is 306 g/mol. The van der Waals surface area contributed by atoms with Crippen LogP contribution in [0.4, 0.5) is 11.4 Å². The van der Waals surface area contributed by atoms with Gasteiger partial charge in [0.1, 0.15) is 5.75 Å². The van der Waals surface area contributed by atoms with Gasteiger partial charge in [-0.3, -0.25) is 15.1 Å². The number of nitro groups is 1. The second-order valence-electron chi connectivity index (χ2n) is 6.09. The molecule has 4 rings (SSSR count). The number of methoxy groups -OCH3 is 1. The Morgan fingerprint density at radius 3 is 2.79 bits per heavy atom. The molecular formula is C18H17N3O3. The summed E-state index contributed by atoms with van der Waals surface area (Å²) in [6.07, 6.45) is 8.64. The molecule has 0 amide bonds. The summed E-state index contributed by atoms with van der Waals surface area (Å²) in [5, 5.41) is 15.0. The van der Waals surface area contributed by atoms with E-state index in [9.17, 15) is 10.1 Å². The van der Waals surface area contributed by atoms with E-state index in [0.29, 0.717) is 5.75 Å². The van der Waals surface area contributed by atoms with Crippen molar-refractivity contribution >= 4 is 11.4 Å². The summed E-state index contributed by atoms with van der Waals surface area (Å²) in [5.74, 6) is 0.883. The lowest BCUT2D eigenvalue weighted by Gasteiger charge is -2.37. The molecule has 0 unspecified atom stereocenters. The van der Waals surface area contributed by atoms with Crippen molar-refractivity contribution in [1.82, 2.24) is 4.98 Å². The lowest BCUT2D eigenvalue weighted by molar-refractivity contribution is -0.385. The molecule has 6 nitrogen and oxygen atoms in total. The van der Waals surface area contributed by atoms with E-state index in [0.717, 1.165) is 23.2 Å². The van der Waals surface area contributed by atoms with Crippen LogP contribution in [0.2, 0.25) is 0 Å². The molecule has 2 heterocycles. The second kappa shape index (κ2) is 5.63. The van der Waals surface area contributed by atoms with Crippen molar-refractivity contribution in [3.05, 3.63) is 70.1 Å². The number of ether oxygens (including phenoxy) is 1. The van der Waals surface area contributed by atoms with E-state index in [1.165, 1.54) is 6.07 Å². The maximum Gasteiger partial charge on any atom is 0.275 e. The molecule has 24 heavy (non-hydrogen) atoms. The van der Waals surface area contributed by atoms with E-state index in [1.807, 2.05) is 12.1 Å². The number of allylic oxidation sites excluding steroid dienone is 2. The molecule has 1 aliphatic heterocycles. The van der Waals surface area contributed by atoms with Crippen LogP contribution in [0.3, 0.4) is 0 Å². The molecule has 0 spiro atoms. The van der Waals surface area contributed by atoms with Crippen LogP contribution < -0.4 is 10.1 Å². The van der Waals surface area contributed by atoms with Crippen LogP contribution in [-0.4, -0.2) is 17.0 Å². The van der Waals surface area contributed by atoms with Crippen LogP contribution in [0, 0.1) is 16.0 Å². The normalized spacial score (nSPS) is 24.0. The molecule has 1 aromatic heterocycles. The molecule has 1 N–H and O–H groups in total. The van der Waals surface area contributed by atoms with E-state index >= 15 is 0 Å². The van der Waals surface area contributed by atoms with E-state index in [4.69, 9.17) is 4.74 Å². The van der Waals surface area contributed by atoms with Gasteiger partial charge in [0.25, 0.3) is 5.69 Å². The summed E-state index contributed by atoms with van der Waals surface area (Å²) in [6, 6.07) is 7.24. The van der Waals surface area contributed by atoms with Crippen molar-refractivity contribution in [3.63, 3.8) is 0 Å². The van der Waals surface area contributed by atoms with E-state index < -0.39 is 0 Å². The monoisotopic (exact) mass is 323 g/mol. The van der Waals surface area contributed by atoms with E-state index in [2.05, 4.69) is 22.5 Å². The summed E-state index contributed by atoms with van der Waals surface area (Å²) in [7, 11) is 1.58. The predicted octanol–water partition coefficient (Wildman–Crippen LogP) is 3.82. The Morgan fingerprint density at radius 1 is 1.29 bits per heavy atom. The SMILES string of the molecule is COc1ccc([N+](=O)[O-])c2c1N[C@@H](c1ccncc1)[C@H]1CC=C[C@H]21. The second-order valence-corrected chi connectivity index (χ2v) is 6.09. The van der Waals surface area contributed by atoms with Crippen molar-refractivity contribution in [2.45, 2.75) is 18.4 Å². The number of benzene rings is 1. The van der Waals surface area contributed by atoms with Gasteiger partial charge in [0, 0.05) is 24.4 Å². The Bertz CT molecular complexity index is 820. The lowest BCUT2D eigenvalue weighted by atomic mass is 9.76. The van der Waals surface area contributed by atoms with Crippen molar-refractivity contribution in [3.8, 4) is 5.75 Å². The van der Waals surface area contributed by atoms with Crippen LogP contribution in [-0.2, 0) is 0 Å². The summed E-state index contributed by atoms with van der Waals surface area (Å²) in [6.45, 7) is 0. The zero-order valence-corrected chi connectivity index (χ0v) is 13.2. The number of nitro benzene ring substituents is 1. The Hall–Kier alpha value is -2.89. The van der Waals surface area contributed by atoms with E-state index in [-0.39, 0.29) is 28.5 Å². The lowest BCUT2D eigenvalue weighted by Crippen LogP contribution is -2.30. The number of anilines is 1. The smallest absolute Gasteiger partial charge is 0.275 e. The van der Waals surface area contributed by atoms with Gasteiger partial charge in [-0.2, -0.15) is 0 Å². The number of fused-ring (bicyclic) bond motifs is 3. The first-order chi connectivity index (χ1) is 11.7. The fourth-order valence-corrected chi connectivity index (χ4v) is 3.89. The predicted molar refractivity (Wildman–Crippen MR) is 90.2 cm³/mol. The fourth-order valence-electron chi connectivity index (χ4n) is 3.89. The standard InChI is InChI=1S/C18H17N3O3/c1-24-15-6-5-14(21(22)23)16-12-3-2-4-13(12)17(20-18(15)16)11-7-9-19-10-8-11/h2-3,5-10,12-13,17,20H,4H2,1H3/t12-,13-,17-/m0/s1. The first-order valence-corrected chi connectivity index (χ1v) is 7.89. The number of rotatable bonds is 3. The van der Waals surface area contributed by atoms with Gasteiger partial charge in [-0.05, 0) is 36.1 Å². The first kappa shape index (κ1) is 14.7. The molecule has 0 radical (unpaired) electrons. The van der Waals surface area contributed by atoms with Gasteiger partial charge in [0.05, 0.1) is 29.3 Å². The molecule has 0 saturated heterocycles. The van der Waals surface area contributed by atoms with Crippen LogP contribution in [0.5, 0.6) is 5.75 Å². The van der Waals surface area contributed by atoms with Crippen molar-refractivity contribution in [2.24, 2.45) is 5.92 Å². The zero-order chi connectivity index (χ0) is 16.7. The number of hydrogen-bond acceptors (Lipinski definition) is 5. The maximum absolute atomic E-state index is 11.5. The average Bonchev–Trinajstić information content (AvgIpc) is 3.10. The van der Waals surface area contributed by atoms with Crippen molar-refractivity contribution < 1.29 is 9.66 Å². The Morgan fingerprint density at radius 2 is 2.08 bits per heavy atom. The van der Waals surface area contributed by atoms with Gasteiger partial charge in [-0.25, -0.2) is 0 Å². The Kier molecular flexibility index (Phi) is 3.45. The van der Waals surface area contributed by atoms with Gasteiger partial charge < -0.3 is 10.1 Å². The molecule has 2 aromatic rings. The highest BCUT2D eigenvalue weighted by Gasteiger charge is 2.42.